The third-order valence-electron chi connectivity index (χ3n) is 3.01. The van der Waals surface area contributed by atoms with Crippen LogP contribution in [0.5, 0.6) is 0 Å². The molecule has 1 heterocycles. The first-order valence-electron chi connectivity index (χ1n) is 6.27. The van der Waals surface area contributed by atoms with Gasteiger partial charge in [0.1, 0.15) is 0 Å². The number of fused-ring (bicyclic) bond motifs is 1. The lowest BCUT2D eigenvalue weighted by molar-refractivity contribution is 0.644. The zero-order valence-corrected chi connectivity index (χ0v) is 11.0. The summed E-state index contributed by atoms with van der Waals surface area (Å²) in [6.45, 7) is 1.93. The van der Waals surface area contributed by atoms with Gasteiger partial charge in [-0.2, -0.15) is 0 Å². The molecular formula is C14H20N4. The van der Waals surface area contributed by atoms with E-state index in [1.165, 1.54) is 10.9 Å². The predicted molar refractivity (Wildman–Crippen MR) is 77.0 cm³/mol. The van der Waals surface area contributed by atoms with E-state index in [1.807, 2.05) is 7.05 Å². The Balaban J connectivity index is 1.87. The van der Waals surface area contributed by atoms with Crippen LogP contribution < -0.4 is 10.6 Å². The number of hydrogen-bond donors (Lipinski definition) is 2. The first-order valence-corrected chi connectivity index (χ1v) is 6.27. The quantitative estimate of drug-likeness (QED) is 0.489. The molecule has 0 aliphatic rings. The normalized spacial score (nSPS) is 11.8. The second-order valence-corrected chi connectivity index (χ2v) is 4.17. The van der Waals surface area contributed by atoms with Crippen LogP contribution in [0.1, 0.15) is 6.42 Å². The second-order valence-electron chi connectivity index (χ2n) is 4.17. The summed E-state index contributed by atoms with van der Waals surface area (Å²) in [5.74, 6) is 0.840. The maximum atomic E-state index is 4.08. The van der Waals surface area contributed by atoms with Gasteiger partial charge in [-0.1, -0.05) is 18.2 Å². The summed E-state index contributed by atoms with van der Waals surface area (Å²) in [5.41, 5.74) is 1.30. The molecule has 96 valence electrons. The molecule has 0 unspecified atom stereocenters. The number of guanidine groups is 1. The van der Waals surface area contributed by atoms with Crippen LogP contribution in [0.3, 0.4) is 0 Å². The average Bonchev–Trinajstić information content (AvgIpc) is 2.82. The Kier molecular flexibility index (Phi) is 4.23. The molecule has 0 aliphatic heterocycles. The highest BCUT2D eigenvalue weighted by molar-refractivity contribution is 5.80. The molecule has 0 amide bonds. The Bertz CT molecular complexity index is 527. The van der Waals surface area contributed by atoms with Gasteiger partial charge in [0.15, 0.2) is 5.96 Å². The molecule has 0 saturated carbocycles. The molecule has 1 aromatic carbocycles. The highest BCUT2D eigenvalue weighted by Crippen LogP contribution is 2.14. The summed E-state index contributed by atoms with van der Waals surface area (Å²) in [6.07, 6.45) is 3.22. The molecule has 18 heavy (non-hydrogen) atoms. The zero-order valence-electron chi connectivity index (χ0n) is 11.0. The van der Waals surface area contributed by atoms with Crippen molar-refractivity contribution in [1.82, 2.24) is 15.2 Å². The van der Waals surface area contributed by atoms with Crippen molar-refractivity contribution in [2.24, 2.45) is 4.99 Å². The highest BCUT2D eigenvalue weighted by atomic mass is 15.1. The number of nitrogens with zero attached hydrogens (tertiary/aromatic N) is 2. The molecule has 0 radical (unpaired) electrons. The van der Waals surface area contributed by atoms with Crippen molar-refractivity contribution in [3.05, 3.63) is 36.5 Å². The average molecular weight is 244 g/mol. The monoisotopic (exact) mass is 244 g/mol. The minimum absolute atomic E-state index is 0.840. The van der Waals surface area contributed by atoms with E-state index in [-0.39, 0.29) is 0 Å². The van der Waals surface area contributed by atoms with E-state index < -0.39 is 0 Å². The van der Waals surface area contributed by atoms with Crippen molar-refractivity contribution < 1.29 is 0 Å². The van der Waals surface area contributed by atoms with Crippen molar-refractivity contribution in [2.75, 3.05) is 20.6 Å². The molecule has 0 fully saturated rings. The van der Waals surface area contributed by atoms with E-state index in [0.717, 1.165) is 25.5 Å². The van der Waals surface area contributed by atoms with Crippen LogP contribution >= 0.6 is 0 Å². The molecule has 4 heteroatoms. The largest absolute Gasteiger partial charge is 0.359 e. The minimum atomic E-state index is 0.840. The van der Waals surface area contributed by atoms with E-state index in [1.54, 1.807) is 7.05 Å². The summed E-state index contributed by atoms with van der Waals surface area (Å²) in [6, 6.07) is 10.6. The van der Waals surface area contributed by atoms with Gasteiger partial charge in [-0.05, 0) is 23.9 Å². The zero-order chi connectivity index (χ0) is 12.8. The minimum Gasteiger partial charge on any atom is -0.359 e. The van der Waals surface area contributed by atoms with E-state index in [9.17, 15) is 0 Å². The number of rotatable bonds is 4. The summed E-state index contributed by atoms with van der Waals surface area (Å²) in [4.78, 5) is 4.08. The molecule has 0 saturated heterocycles. The Morgan fingerprint density at radius 2 is 2.11 bits per heavy atom. The van der Waals surface area contributed by atoms with Gasteiger partial charge in [-0.25, -0.2) is 0 Å². The van der Waals surface area contributed by atoms with Crippen LogP contribution in [0.4, 0.5) is 0 Å². The maximum absolute atomic E-state index is 4.08. The van der Waals surface area contributed by atoms with Crippen LogP contribution in [0, 0.1) is 0 Å². The number of para-hydroxylation sites is 1. The van der Waals surface area contributed by atoms with Gasteiger partial charge in [0.2, 0.25) is 0 Å². The lowest BCUT2D eigenvalue weighted by Gasteiger charge is -2.09. The third-order valence-corrected chi connectivity index (χ3v) is 3.01. The first-order chi connectivity index (χ1) is 8.85. The van der Waals surface area contributed by atoms with Gasteiger partial charge in [0.05, 0.1) is 0 Å². The Hall–Kier alpha value is -1.97. The number of aryl methyl sites for hydroxylation is 1. The van der Waals surface area contributed by atoms with Crippen molar-refractivity contribution in [3.63, 3.8) is 0 Å². The lowest BCUT2D eigenvalue weighted by Crippen LogP contribution is -2.35. The smallest absolute Gasteiger partial charge is 0.190 e. The Labute approximate surface area is 108 Å². The Morgan fingerprint density at radius 1 is 1.28 bits per heavy atom. The molecule has 0 bridgehead atoms. The topological polar surface area (TPSA) is 41.4 Å². The molecule has 0 spiro atoms. The Morgan fingerprint density at radius 3 is 2.89 bits per heavy atom. The molecular weight excluding hydrogens is 224 g/mol. The van der Waals surface area contributed by atoms with Crippen molar-refractivity contribution in [3.8, 4) is 0 Å². The van der Waals surface area contributed by atoms with Crippen molar-refractivity contribution in [1.29, 1.82) is 0 Å². The number of hydrogen-bond acceptors (Lipinski definition) is 1. The van der Waals surface area contributed by atoms with Gasteiger partial charge in [-0.3, -0.25) is 4.99 Å². The number of nitrogens with one attached hydrogen (secondary N) is 2. The number of aromatic nitrogens is 1. The molecule has 2 aromatic rings. The highest BCUT2D eigenvalue weighted by Gasteiger charge is 1.99. The third kappa shape index (κ3) is 2.83. The maximum Gasteiger partial charge on any atom is 0.190 e. The number of benzene rings is 1. The van der Waals surface area contributed by atoms with E-state index in [0.29, 0.717) is 0 Å². The molecule has 4 nitrogen and oxygen atoms in total. The van der Waals surface area contributed by atoms with Crippen LogP contribution in [0.2, 0.25) is 0 Å². The molecule has 0 atom stereocenters. The van der Waals surface area contributed by atoms with Crippen LogP contribution in [-0.4, -0.2) is 31.2 Å². The van der Waals surface area contributed by atoms with Gasteiger partial charge >= 0.3 is 0 Å². The van der Waals surface area contributed by atoms with Crippen LogP contribution in [0.25, 0.3) is 10.9 Å². The van der Waals surface area contributed by atoms with Crippen LogP contribution in [0.15, 0.2) is 41.5 Å². The molecule has 1 aromatic heterocycles. The summed E-state index contributed by atoms with van der Waals surface area (Å²) < 4.78 is 2.29. The van der Waals surface area contributed by atoms with Crippen LogP contribution in [-0.2, 0) is 6.54 Å². The van der Waals surface area contributed by atoms with Crippen molar-refractivity contribution >= 4 is 16.9 Å². The molecule has 0 aliphatic carbocycles. The van der Waals surface area contributed by atoms with Crippen molar-refractivity contribution in [2.45, 2.75) is 13.0 Å². The molecule has 2 rings (SSSR count). The fourth-order valence-electron chi connectivity index (χ4n) is 2.07. The summed E-state index contributed by atoms with van der Waals surface area (Å²) >= 11 is 0. The van der Waals surface area contributed by atoms with Gasteiger partial charge in [0.25, 0.3) is 0 Å². The SMILES string of the molecule is CN=C(NC)NCCCn1ccc2ccccc21. The van der Waals surface area contributed by atoms with E-state index in [4.69, 9.17) is 0 Å². The fourth-order valence-corrected chi connectivity index (χ4v) is 2.07. The van der Waals surface area contributed by atoms with Gasteiger partial charge < -0.3 is 15.2 Å². The summed E-state index contributed by atoms with van der Waals surface area (Å²) in [7, 11) is 3.65. The van der Waals surface area contributed by atoms with Gasteiger partial charge in [-0.15, -0.1) is 0 Å². The first kappa shape index (κ1) is 12.5. The van der Waals surface area contributed by atoms with E-state index >= 15 is 0 Å². The molecule has 2 N–H and O–H groups in total. The van der Waals surface area contributed by atoms with Gasteiger partial charge in [0, 0.05) is 38.9 Å². The second kappa shape index (κ2) is 6.10. The standard InChI is InChI=1S/C14H20N4/c1-15-14(16-2)17-9-5-10-18-11-8-12-6-3-4-7-13(12)18/h3-4,6-8,11H,5,9-10H2,1-2H3,(H2,15,16,17). The summed E-state index contributed by atoms with van der Waals surface area (Å²) in [5, 5.41) is 7.56. The predicted octanol–water partition coefficient (Wildman–Crippen LogP) is 1.83. The van der Waals surface area contributed by atoms with E-state index in [2.05, 4.69) is 56.7 Å². The number of aliphatic imine (C=N–C) groups is 1. The lowest BCUT2D eigenvalue weighted by atomic mass is 10.2. The fraction of sp³-hybridized carbons (Fsp3) is 0.357.